The second kappa shape index (κ2) is 5.28. The van der Waals surface area contributed by atoms with Crippen molar-refractivity contribution < 1.29 is 4.79 Å². The molecule has 0 spiro atoms. The highest BCUT2D eigenvalue weighted by Gasteiger charge is 2.17. The monoisotopic (exact) mass is 304 g/mol. The van der Waals surface area contributed by atoms with Crippen molar-refractivity contribution in [2.75, 3.05) is 5.73 Å². The minimum Gasteiger partial charge on any atom is -0.382 e. The number of hydrogen-bond acceptors (Lipinski definition) is 3. The van der Waals surface area contributed by atoms with Crippen LogP contribution in [0.15, 0.2) is 48.0 Å². The molecule has 1 aliphatic carbocycles. The minimum atomic E-state index is -0.0228. The Labute approximate surface area is 133 Å². The first-order valence-electron chi connectivity index (χ1n) is 7.50. The fourth-order valence-corrected chi connectivity index (χ4v) is 2.92. The van der Waals surface area contributed by atoms with E-state index in [1.807, 2.05) is 42.5 Å². The molecule has 0 fully saturated rings. The zero-order valence-electron chi connectivity index (χ0n) is 12.5. The number of nitrogens with one attached hydrogen (secondary N) is 2. The third-order valence-electron chi connectivity index (χ3n) is 4.17. The van der Waals surface area contributed by atoms with Crippen molar-refractivity contribution in [3.8, 4) is 0 Å². The number of nitrogen functional groups attached to an aromatic ring is 1. The number of hydrogen-bond donors (Lipinski definition) is 3. The van der Waals surface area contributed by atoms with Crippen molar-refractivity contribution in [2.24, 2.45) is 0 Å². The standard InChI is InChI=1S/C18H16N4O/c19-17-15-6-5-11(7-16(15)21-22-17)10-20-18(23)14-8-12-3-1-2-4-13(12)9-14/h1-8H,9-10H2,(H,20,23)(H3,19,21,22). The summed E-state index contributed by atoms with van der Waals surface area (Å²) >= 11 is 0. The van der Waals surface area contributed by atoms with Gasteiger partial charge in [-0.05, 0) is 34.9 Å². The van der Waals surface area contributed by atoms with E-state index in [1.54, 1.807) is 0 Å². The molecule has 0 aliphatic heterocycles. The molecule has 0 unspecified atom stereocenters. The van der Waals surface area contributed by atoms with Crippen molar-refractivity contribution >= 4 is 28.7 Å². The molecule has 1 amide bonds. The molecule has 23 heavy (non-hydrogen) atoms. The summed E-state index contributed by atoms with van der Waals surface area (Å²) < 4.78 is 0. The lowest BCUT2D eigenvalue weighted by atomic mass is 10.1. The predicted molar refractivity (Wildman–Crippen MR) is 90.5 cm³/mol. The van der Waals surface area contributed by atoms with Gasteiger partial charge in [0.05, 0.1) is 5.52 Å². The van der Waals surface area contributed by atoms with Crippen molar-refractivity contribution in [3.05, 3.63) is 64.7 Å². The van der Waals surface area contributed by atoms with E-state index in [0.717, 1.165) is 27.6 Å². The van der Waals surface area contributed by atoms with Gasteiger partial charge in [0.25, 0.3) is 0 Å². The van der Waals surface area contributed by atoms with Crippen molar-refractivity contribution in [2.45, 2.75) is 13.0 Å². The van der Waals surface area contributed by atoms with E-state index in [-0.39, 0.29) is 5.91 Å². The number of anilines is 1. The van der Waals surface area contributed by atoms with Crippen molar-refractivity contribution in [3.63, 3.8) is 0 Å². The maximum Gasteiger partial charge on any atom is 0.247 e. The van der Waals surface area contributed by atoms with E-state index < -0.39 is 0 Å². The van der Waals surface area contributed by atoms with E-state index in [2.05, 4.69) is 21.6 Å². The van der Waals surface area contributed by atoms with E-state index in [0.29, 0.717) is 18.8 Å². The lowest BCUT2D eigenvalue weighted by Crippen LogP contribution is -2.24. The van der Waals surface area contributed by atoms with E-state index in [4.69, 9.17) is 5.73 Å². The Morgan fingerprint density at radius 3 is 3.00 bits per heavy atom. The molecule has 2 aromatic carbocycles. The summed E-state index contributed by atoms with van der Waals surface area (Å²) in [5, 5.41) is 10.7. The van der Waals surface area contributed by atoms with Gasteiger partial charge in [0.2, 0.25) is 5.91 Å². The Morgan fingerprint density at radius 1 is 1.26 bits per heavy atom. The van der Waals surface area contributed by atoms with E-state index in [1.165, 1.54) is 5.56 Å². The van der Waals surface area contributed by atoms with Gasteiger partial charge in [-0.15, -0.1) is 0 Å². The Hall–Kier alpha value is -3.08. The van der Waals surface area contributed by atoms with Crippen LogP contribution >= 0.6 is 0 Å². The molecule has 1 aromatic heterocycles. The molecule has 0 atom stereocenters. The van der Waals surface area contributed by atoms with Gasteiger partial charge >= 0.3 is 0 Å². The number of nitrogens with two attached hydrogens (primary N) is 1. The van der Waals surface area contributed by atoms with Gasteiger partial charge in [0.15, 0.2) is 5.82 Å². The second-order valence-electron chi connectivity index (χ2n) is 5.72. The number of aromatic nitrogens is 2. The molecule has 0 bridgehead atoms. The van der Waals surface area contributed by atoms with Gasteiger partial charge in [-0.25, -0.2) is 0 Å². The molecule has 114 valence electrons. The van der Waals surface area contributed by atoms with Crippen LogP contribution in [-0.4, -0.2) is 16.1 Å². The number of carbonyl (C=O) groups is 1. The minimum absolute atomic E-state index is 0.0228. The van der Waals surface area contributed by atoms with Crippen LogP contribution < -0.4 is 11.1 Å². The van der Waals surface area contributed by atoms with Gasteiger partial charge < -0.3 is 11.1 Å². The number of fused-ring (bicyclic) bond motifs is 2. The average molecular weight is 304 g/mol. The van der Waals surface area contributed by atoms with Crippen LogP contribution in [0.2, 0.25) is 0 Å². The molecule has 4 rings (SSSR count). The normalized spacial score (nSPS) is 13.0. The topological polar surface area (TPSA) is 83.8 Å². The van der Waals surface area contributed by atoms with Gasteiger partial charge in [0.1, 0.15) is 0 Å². The largest absolute Gasteiger partial charge is 0.382 e. The first-order valence-corrected chi connectivity index (χ1v) is 7.50. The van der Waals surface area contributed by atoms with Crippen LogP contribution in [0.5, 0.6) is 0 Å². The number of amides is 1. The summed E-state index contributed by atoms with van der Waals surface area (Å²) in [5.74, 6) is 0.467. The molecule has 4 N–H and O–H groups in total. The first-order chi connectivity index (χ1) is 11.2. The van der Waals surface area contributed by atoms with Crippen LogP contribution in [0.1, 0.15) is 16.7 Å². The summed E-state index contributed by atoms with van der Waals surface area (Å²) in [4.78, 5) is 12.3. The second-order valence-corrected chi connectivity index (χ2v) is 5.72. The summed E-state index contributed by atoms with van der Waals surface area (Å²) in [6, 6.07) is 13.9. The van der Waals surface area contributed by atoms with E-state index in [9.17, 15) is 4.79 Å². The van der Waals surface area contributed by atoms with Crippen LogP contribution in [-0.2, 0) is 17.8 Å². The van der Waals surface area contributed by atoms with Crippen molar-refractivity contribution in [1.29, 1.82) is 0 Å². The molecule has 0 saturated carbocycles. The maximum absolute atomic E-state index is 12.3. The predicted octanol–water partition coefficient (Wildman–Crippen LogP) is 2.40. The molecule has 1 heterocycles. The molecule has 5 heteroatoms. The number of benzene rings is 2. The average Bonchev–Trinajstić information content (AvgIpc) is 3.16. The number of nitrogens with zero attached hydrogens (tertiary/aromatic N) is 1. The number of aromatic amines is 1. The van der Waals surface area contributed by atoms with Gasteiger partial charge in [-0.1, -0.05) is 30.3 Å². The first kappa shape index (κ1) is 13.6. The smallest absolute Gasteiger partial charge is 0.247 e. The Balaban J connectivity index is 1.45. The van der Waals surface area contributed by atoms with Gasteiger partial charge in [-0.3, -0.25) is 9.89 Å². The fourth-order valence-electron chi connectivity index (χ4n) is 2.92. The zero-order valence-corrected chi connectivity index (χ0v) is 12.5. The SMILES string of the molecule is Nc1n[nH]c2cc(CNC(=O)C3=Cc4ccccc4C3)ccc12. The molecule has 0 radical (unpaired) electrons. The van der Waals surface area contributed by atoms with Gasteiger partial charge in [0, 0.05) is 23.9 Å². The Kier molecular flexibility index (Phi) is 3.12. The third-order valence-corrected chi connectivity index (χ3v) is 4.17. The molecule has 0 saturated heterocycles. The molecular weight excluding hydrogens is 288 g/mol. The highest BCUT2D eigenvalue weighted by atomic mass is 16.1. The van der Waals surface area contributed by atoms with Gasteiger partial charge in [-0.2, -0.15) is 5.10 Å². The molecule has 5 nitrogen and oxygen atoms in total. The van der Waals surface area contributed by atoms with Crippen molar-refractivity contribution in [1.82, 2.24) is 15.5 Å². The number of carbonyl (C=O) groups excluding carboxylic acids is 1. The Bertz CT molecular complexity index is 939. The molecule has 3 aromatic rings. The molecular formula is C18H16N4O. The Morgan fingerprint density at radius 2 is 2.13 bits per heavy atom. The van der Waals surface area contributed by atoms with Crippen LogP contribution in [0.3, 0.4) is 0 Å². The summed E-state index contributed by atoms with van der Waals surface area (Å²) in [6.45, 7) is 0.474. The maximum atomic E-state index is 12.3. The highest BCUT2D eigenvalue weighted by Crippen LogP contribution is 2.24. The van der Waals surface area contributed by atoms with Crippen LogP contribution in [0.4, 0.5) is 5.82 Å². The third kappa shape index (κ3) is 2.46. The highest BCUT2D eigenvalue weighted by molar-refractivity contribution is 6.00. The number of rotatable bonds is 3. The van der Waals surface area contributed by atoms with Crippen LogP contribution in [0.25, 0.3) is 17.0 Å². The summed E-state index contributed by atoms with van der Waals surface area (Å²) in [5.41, 5.74) is 10.8. The zero-order chi connectivity index (χ0) is 15.8. The lowest BCUT2D eigenvalue weighted by Gasteiger charge is -2.06. The fraction of sp³-hybridized carbons (Fsp3) is 0.111. The summed E-state index contributed by atoms with van der Waals surface area (Å²) in [7, 11) is 0. The quantitative estimate of drug-likeness (QED) is 0.694. The van der Waals surface area contributed by atoms with E-state index >= 15 is 0 Å². The summed E-state index contributed by atoms with van der Waals surface area (Å²) in [6.07, 6.45) is 2.65. The lowest BCUT2D eigenvalue weighted by molar-refractivity contribution is -0.117. The van der Waals surface area contributed by atoms with Crippen LogP contribution in [0, 0.1) is 0 Å². The molecule has 1 aliphatic rings. The number of H-pyrrole nitrogens is 1.